The van der Waals surface area contributed by atoms with Crippen LogP contribution >= 0.6 is 0 Å². The largest absolute Gasteiger partial charge is 0.388 e. The second-order valence-corrected chi connectivity index (χ2v) is 4.28. The first-order chi connectivity index (χ1) is 7.85. The highest BCUT2D eigenvalue weighted by Crippen LogP contribution is 2.22. The lowest BCUT2D eigenvalue weighted by Gasteiger charge is -2.21. The molecule has 1 rings (SSSR count). The number of nitrogens with one attached hydrogen (secondary N) is 1. The molecule has 0 fully saturated rings. The maximum atomic E-state index is 10.8. The third-order valence-electron chi connectivity index (χ3n) is 2.61. The van der Waals surface area contributed by atoms with Crippen LogP contribution in [0.1, 0.15) is 26.0 Å². The summed E-state index contributed by atoms with van der Waals surface area (Å²) in [7, 11) is 0. The molecule has 2 N–H and O–H groups in total. The van der Waals surface area contributed by atoms with Crippen molar-refractivity contribution in [2.24, 2.45) is 0 Å². The van der Waals surface area contributed by atoms with E-state index in [0.29, 0.717) is 12.1 Å². The zero-order valence-electron chi connectivity index (χ0n) is 10.2. The van der Waals surface area contributed by atoms with Crippen molar-refractivity contribution in [1.82, 2.24) is 4.98 Å². The molecule has 94 valence electrons. The lowest BCUT2D eigenvalue weighted by molar-refractivity contribution is -0.384. The van der Waals surface area contributed by atoms with Gasteiger partial charge in [-0.25, -0.2) is 4.98 Å². The van der Waals surface area contributed by atoms with E-state index in [2.05, 4.69) is 10.3 Å². The fourth-order valence-electron chi connectivity index (χ4n) is 1.23. The van der Waals surface area contributed by atoms with Gasteiger partial charge in [0.1, 0.15) is 0 Å². The van der Waals surface area contributed by atoms with Crippen molar-refractivity contribution < 1.29 is 10.0 Å². The van der Waals surface area contributed by atoms with Gasteiger partial charge in [0, 0.05) is 18.3 Å². The summed E-state index contributed by atoms with van der Waals surface area (Å²) < 4.78 is 0. The number of anilines is 1. The van der Waals surface area contributed by atoms with E-state index in [9.17, 15) is 15.2 Å². The van der Waals surface area contributed by atoms with E-state index in [1.54, 1.807) is 19.9 Å². The van der Waals surface area contributed by atoms with E-state index in [1.807, 2.05) is 6.92 Å². The van der Waals surface area contributed by atoms with Gasteiger partial charge in [-0.2, -0.15) is 0 Å². The van der Waals surface area contributed by atoms with Gasteiger partial charge in [0.25, 0.3) is 0 Å². The molecule has 0 amide bonds. The first-order valence-electron chi connectivity index (χ1n) is 5.44. The normalized spacial score (nSPS) is 14.1. The van der Waals surface area contributed by atoms with E-state index < -0.39 is 10.5 Å². The summed E-state index contributed by atoms with van der Waals surface area (Å²) in [4.78, 5) is 14.4. The molecule has 0 saturated carbocycles. The molecule has 1 aromatic rings. The van der Waals surface area contributed by atoms with Gasteiger partial charge < -0.3 is 10.4 Å². The molecular weight excluding hydrogens is 222 g/mol. The number of rotatable bonds is 5. The average Bonchev–Trinajstić information content (AvgIpc) is 2.26. The second-order valence-electron chi connectivity index (χ2n) is 4.28. The Hall–Kier alpha value is -1.69. The number of aromatic nitrogens is 1. The van der Waals surface area contributed by atoms with Crippen LogP contribution in [0.3, 0.4) is 0 Å². The van der Waals surface area contributed by atoms with Gasteiger partial charge in [-0.3, -0.25) is 10.1 Å². The zero-order chi connectivity index (χ0) is 13.1. The van der Waals surface area contributed by atoms with Crippen molar-refractivity contribution in [2.45, 2.75) is 32.8 Å². The molecule has 0 spiro atoms. The van der Waals surface area contributed by atoms with Crippen molar-refractivity contribution in [3.05, 3.63) is 27.9 Å². The third kappa shape index (κ3) is 3.67. The number of nitro groups is 1. The van der Waals surface area contributed by atoms with Crippen molar-refractivity contribution >= 4 is 11.5 Å². The van der Waals surface area contributed by atoms with Gasteiger partial charge in [-0.15, -0.1) is 0 Å². The van der Waals surface area contributed by atoms with Gasteiger partial charge in [0.15, 0.2) is 0 Å². The van der Waals surface area contributed by atoms with Crippen molar-refractivity contribution in [3.8, 4) is 0 Å². The topological polar surface area (TPSA) is 88.3 Å². The number of hydrogen-bond donors (Lipinski definition) is 2. The van der Waals surface area contributed by atoms with Crippen LogP contribution in [0.4, 0.5) is 11.5 Å². The van der Waals surface area contributed by atoms with Crippen molar-refractivity contribution in [1.29, 1.82) is 0 Å². The van der Waals surface area contributed by atoms with Crippen LogP contribution in [0.5, 0.6) is 0 Å². The predicted molar refractivity (Wildman–Crippen MR) is 65.0 cm³/mol. The monoisotopic (exact) mass is 239 g/mol. The van der Waals surface area contributed by atoms with Gasteiger partial charge >= 0.3 is 5.69 Å². The van der Waals surface area contributed by atoms with Crippen LogP contribution in [-0.4, -0.2) is 27.2 Å². The molecule has 0 bridgehead atoms. The minimum atomic E-state index is -0.903. The van der Waals surface area contributed by atoms with Gasteiger partial charge in [-0.1, -0.05) is 6.92 Å². The Morgan fingerprint density at radius 1 is 1.59 bits per heavy atom. The SMILES string of the molecule is CCC(C)(O)CNc1nc(C)ccc1[N+](=O)[O-]. The lowest BCUT2D eigenvalue weighted by Crippen LogP contribution is -2.32. The summed E-state index contributed by atoms with van der Waals surface area (Å²) in [5.74, 6) is 0.198. The highest BCUT2D eigenvalue weighted by Gasteiger charge is 2.21. The molecule has 1 atom stereocenters. The minimum Gasteiger partial charge on any atom is -0.388 e. The maximum absolute atomic E-state index is 10.8. The van der Waals surface area contributed by atoms with Gasteiger partial charge in [0.2, 0.25) is 5.82 Å². The molecular formula is C11H17N3O3. The zero-order valence-corrected chi connectivity index (χ0v) is 10.2. The Morgan fingerprint density at radius 3 is 2.76 bits per heavy atom. The Balaban J connectivity index is 2.89. The third-order valence-corrected chi connectivity index (χ3v) is 2.61. The smallest absolute Gasteiger partial charge is 0.311 e. The Labute approximate surface area is 99.8 Å². The van der Waals surface area contributed by atoms with Gasteiger partial charge in [-0.05, 0) is 26.3 Å². The fraction of sp³-hybridized carbons (Fsp3) is 0.545. The quantitative estimate of drug-likeness (QED) is 0.605. The van der Waals surface area contributed by atoms with E-state index in [1.165, 1.54) is 6.07 Å². The number of hydrogen-bond acceptors (Lipinski definition) is 5. The van der Waals surface area contributed by atoms with Crippen LogP contribution < -0.4 is 5.32 Å². The average molecular weight is 239 g/mol. The highest BCUT2D eigenvalue weighted by molar-refractivity contribution is 5.56. The number of pyridine rings is 1. The number of aliphatic hydroxyl groups is 1. The number of aryl methyl sites for hydroxylation is 1. The van der Waals surface area contributed by atoms with E-state index in [4.69, 9.17) is 0 Å². The second kappa shape index (κ2) is 5.09. The molecule has 0 aliphatic rings. The summed E-state index contributed by atoms with van der Waals surface area (Å²) in [5, 5.41) is 23.4. The maximum Gasteiger partial charge on any atom is 0.311 e. The lowest BCUT2D eigenvalue weighted by atomic mass is 10.0. The van der Waals surface area contributed by atoms with Crippen LogP contribution in [0, 0.1) is 17.0 Å². The standard InChI is InChI=1S/C11H17N3O3/c1-4-11(3,15)7-12-10-9(14(16)17)6-5-8(2)13-10/h5-6,15H,4,7H2,1-3H3,(H,12,13). The first-order valence-corrected chi connectivity index (χ1v) is 5.44. The van der Waals surface area contributed by atoms with E-state index in [0.717, 1.165) is 0 Å². The summed E-state index contributed by atoms with van der Waals surface area (Å²) >= 11 is 0. The summed E-state index contributed by atoms with van der Waals surface area (Å²) in [6.07, 6.45) is 0.555. The molecule has 0 aliphatic carbocycles. The van der Waals surface area contributed by atoms with Crippen LogP contribution in [0.25, 0.3) is 0 Å². The molecule has 1 unspecified atom stereocenters. The minimum absolute atomic E-state index is 0.0810. The molecule has 0 saturated heterocycles. The van der Waals surface area contributed by atoms with E-state index in [-0.39, 0.29) is 18.1 Å². The highest BCUT2D eigenvalue weighted by atomic mass is 16.6. The summed E-state index contributed by atoms with van der Waals surface area (Å²) in [5.41, 5.74) is -0.295. The van der Waals surface area contributed by atoms with Crippen LogP contribution in [0.15, 0.2) is 12.1 Å². The Morgan fingerprint density at radius 2 is 2.24 bits per heavy atom. The summed E-state index contributed by atoms with van der Waals surface area (Å²) in [6, 6.07) is 2.99. The molecule has 0 aromatic carbocycles. The molecule has 0 aliphatic heterocycles. The van der Waals surface area contributed by atoms with Crippen LogP contribution in [0.2, 0.25) is 0 Å². The fourth-order valence-corrected chi connectivity index (χ4v) is 1.23. The molecule has 1 aromatic heterocycles. The van der Waals surface area contributed by atoms with Crippen molar-refractivity contribution in [3.63, 3.8) is 0 Å². The number of nitrogens with zero attached hydrogens (tertiary/aromatic N) is 2. The van der Waals surface area contributed by atoms with Crippen LogP contribution in [-0.2, 0) is 0 Å². The molecule has 1 heterocycles. The molecule has 6 heteroatoms. The molecule has 6 nitrogen and oxygen atoms in total. The molecule has 0 radical (unpaired) electrons. The summed E-state index contributed by atoms with van der Waals surface area (Å²) in [6.45, 7) is 5.50. The Kier molecular flexibility index (Phi) is 4.01. The predicted octanol–water partition coefficient (Wildman–Crippen LogP) is 1.87. The van der Waals surface area contributed by atoms with Gasteiger partial charge in [0.05, 0.1) is 10.5 Å². The Bertz CT molecular complexity index is 418. The van der Waals surface area contributed by atoms with E-state index >= 15 is 0 Å². The first kappa shape index (κ1) is 13.4. The molecule has 17 heavy (non-hydrogen) atoms. The van der Waals surface area contributed by atoms with Crippen molar-refractivity contribution in [2.75, 3.05) is 11.9 Å².